The molecule has 1 atom stereocenters. The summed E-state index contributed by atoms with van der Waals surface area (Å²) in [4.78, 5) is 1.35. The van der Waals surface area contributed by atoms with E-state index in [1.54, 1.807) is 0 Å². The molecule has 3 nitrogen and oxygen atoms in total. The zero-order valence-electron chi connectivity index (χ0n) is 12.1. The Balaban J connectivity index is 2.09. The predicted molar refractivity (Wildman–Crippen MR) is 86.0 cm³/mol. The van der Waals surface area contributed by atoms with Crippen LogP contribution in [-0.2, 0) is 0 Å². The van der Waals surface area contributed by atoms with Crippen LogP contribution in [0.25, 0.3) is 0 Å². The Hall–Kier alpha value is -0.550. The standard InChI is InChI=1S/C15H27N3S/c1-3-17-11-12-18-10-9-14(16-2)13-19-15-7-5-4-6-8-15/h4-8,14,16-18H,3,9-13H2,1-2H3. The fourth-order valence-corrected chi connectivity index (χ4v) is 2.86. The third-order valence-corrected chi connectivity index (χ3v) is 4.18. The van der Waals surface area contributed by atoms with Crippen molar-refractivity contribution in [1.29, 1.82) is 0 Å². The first-order chi connectivity index (χ1) is 9.36. The molecule has 0 aromatic heterocycles. The second-order valence-corrected chi connectivity index (χ2v) is 5.60. The maximum absolute atomic E-state index is 3.47. The lowest BCUT2D eigenvalue weighted by molar-refractivity contribution is 0.528. The molecule has 0 aliphatic carbocycles. The van der Waals surface area contributed by atoms with E-state index < -0.39 is 0 Å². The molecule has 0 saturated heterocycles. The van der Waals surface area contributed by atoms with E-state index in [-0.39, 0.29) is 0 Å². The molecule has 1 aromatic rings. The van der Waals surface area contributed by atoms with Crippen molar-refractivity contribution >= 4 is 11.8 Å². The first-order valence-corrected chi connectivity index (χ1v) is 8.12. The maximum atomic E-state index is 3.47. The summed E-state index contributed by atoms with van der Waals surface area (Å²) in [6, 6.07) is 11.2. The van der Waals surface area contributed by atoms with Crippen molar-refractivity contribution in [2.24, 2.45) is 0 Å². The number of rotatable bonds is 11. The lowest BCUT2D eigenvalue weighted by Crippen LogP contribution is -2.34. The van der Waals surface area contributed by atoms with Crippen molar-refractivity contribution in [1.82, 2.24) is 16.0 Å². The quantitative estimate of drug-likeness (QED) is 0.428. The average molecular weight is 281 g/mol. The fraction of sp³-hybridized carbons (Fsp3) is 0.600. The second-order valence-electron chi connectivity index (χ2n) is 4.50. The third-order valence-electron chi connectivity index (χ3n) is 3.00. The second kappa shape index (κ2) is 11.3. The van der Waals surface area contributed by atoms with Crippen LogP contribution in [-0.4, -0.2) is 45.0 Å². The van der Waals surface area contributed by atoms with Crippen molar-refractivity contribution in [3.63, 3.8) is 0 Å². The Labute approximate surface area is 121 Å². The molecule has 19 heavy (non-hydrogen) atoms. The van der Waals surface area contributed by atoms with Gasteiger partial charge in [-0.05, 0) is 38.7 Å². The molecule has 0 amide bonds. The van der Waals surface area contributed by atoms with Gasteiger partial charge in [0.2, 0.25) is 0 Å². The summed E-state index contributed by atoms with van der Waals surface area (Å²) in [5.41, 5.74) is 0. The summed E-state index contributed by atoms with van der Waals surface area (Å²) in [7, 11) is 2.05. The van der Waals surface area contributed by atoms with Crippen LogP contribution in [0.1, 0.15) is 13.3 Å². The van der Waals surface area contributed by atoms with E-state index in [9.17, 15) is 0 Å². The van der Waals surface area contributed by atoms with Crippen molar-refractivity contribution < 1.29 is 0 Å². The fourth-order valence-electron chi connectivity index (χ4n) is 1.78. The molecule has 108 valence electrons. The molecular weight excluding hydrogens is 254 g/mol. The molecule has 0 saturated carbocycles. The highest BCUT2D eigenvalue weighted by Gasteiger charge is 2.06. The van der Waals surface area contributed by atoms with Gasteiger partial charge in [-0.1, -0.05) is 25.1 Å². The molecule has 0 fully saturated rings. The number of hydrogen-bond acceptors (Lipinski definition) is 4. The highest BCUT2D eigenvalue weighted by molar-refractivity contribution is 7.99. The predicted octanol–water partition coefficient (Wildman–Crippen LogP) is 1.96. The van der Waals surface area contributed by atoms with Gasteiger partial charge in [-0.3, -0.25) is 0 Å². The number of nitrogens with one attached hydrogen (secondary N) is 3. The molecule has 0 bridgehead atoms. The van der Waals surface area contributed by atoms with E-state index in [0.29, 0.717) is 6.04 Å². The first kappa shape index (κ1) is 16.5. The summed E-state index contributed by atoms with van der Waals surface area (Å²) in [5, 5.41) is 10.2. The van der Waals surface area contributed by atoms with Crippen LogP contribution < -0.4 is 16.0 Å². The first-order valence-electron chi connectivity index (χ1n) is 7.13. The van der Waals surface area contributed by atoms with Gasteiger partial charge in [0, 0.05) is 29.8 Å². The largest absolute Gasteiger partial charge is 0.316 e. The van der Waals surface area contributed by atoms with E-state index in [1.165, 1.54) is 11.3 Å². The Morgan fingerprint density at radius 2 is 1.79 bits per heavy atom. The molecule has 3 N–H and O–H groups in total. The lowest BCUT2D eigenvalue weighted by atomic mass is 10.2. The van der Waals surface area contributed by atoms with Gasteiger partial charge in [-0.2, -0.15) is 0 Å². The monoisotopic (exact) mass is 281 g/mol. The minimum absolute atomic E-state index is 0.567. The van der Waals surface area contributed by atoms with E-state index in [4.69, 9.17) is 0 Å². The highest BCUT2D eigenvalue weighted by Crippen LogP contribution is 2.18. The van der Waals surface area contributed by atoms with Crippen molar-refractivity contribution in [3.8, 4) is 0 Å². The van der Waals surface area contributed by atoms with Crippen LogP contribution in [0.15, 0.2) is 35.2 Å². The Morgan fingerprint density at radius 3 is 2.47 bits per heavy atom. The highest BCUT2D eigenvalue weighted by atomic mass is 32.2. The molecule has 0 aliphatic heterocycles. The minimum Gasteiger partial charge on any atom is -0.316 e. The number of thioether (sulfide) groups is 1. The van der Waals surface area contributed by atoms with Crippen LogP contribution in [0.2, 0.25) is 0 Å². The number of benzene rings is 1. The van der Waals surface area contributed by atoms with E-state index in [1.807, 2.05) is 11.8 Å². The molecule has 4 heteroatoms. The molecular formula is C15H27N3S. The van der Waals surface area contributed by atoms with Gasteiger partial charge in [-0.15, -0.1) is 11.8 Å². The summed E-state index contributed by atoms with van der Waals surface area (Å²) >= 11 is 1.92. The molecule has 1 aromatic carbocycles. The van der Waals surface area contributed by atoms with Crippen LogP contribution >= 0.6 is 11.8 Å². The summed E-state index contributed by atoms with van der Waals surface area (Å²) in [6.07, 6.45) is 1.17. The number of likely N-dealkylation sites (N-methyl/N-ethyl adjacent to an activating group) is 1. The minimum atomic E-state index is 0.567. The van der Waals surface area contributed by atoms with Crippen molar-refractivity contribution in [2.75, 3.05) is 39.0 Å². The van der Waals surface area contributed by atoms with Crippen LogP contribution in [0.5, 0.6) is 0 Å². The van der Waals surface area contributed by atoms with E-state index in [2.05, 4.69) is 60.3 Å². The van der Waals surface area contributed by atoms with Gasteiger partial charge in [0.25, 0.3) is 0 Å². The summed E-state index contributed by atoms with van der Waals surface area (Å²) in [5.74, 6) is 1.12. The zero-order chi connectivity index (χ0) is 13.8. The van der Waals surface area contributed by atoms with Gasteiger partial charge in [0.1, 0.15) is 0 Å². The molecule has 1 unspecified atom stereocenters. The Morgan fingerprint density at radius 1 is 1.05 bits per heavy atom. The molecule has 0 radical (unpaired) electrons. The SMILES string of the molecule is CCNCCNCCC(CSc1ccccc1)NC. The molecule has 0 heterocycles. The Kier molecular flexibility index (Phi) is 9.81. The zero-order valence-corrected chi connectivity index (χ0v) is 12.9. The van der Waals surface area contributed by atoms with E-state index in [0.717, 1.165) is 31.9 Å². The van der Waals surface area contributed by atoms with Crippen LogP contribution in [0, 0.1) is 0 Å². The van der Waals surface area contributed by atoms with E-state index >= 15 is 0 Å². The number of hydrogen-bond donors (Lipinski definition) is 3. The molecule has 0 spiro atoms. The van der Waals surface area contributed by atoms with Gasteiger partial charge in [-0.25, -0.2) is 0 Å². The van der Waals surface area contributed by atoms with Crippen molar-refractivity contribution in [3.05, 3.63) is 30.3 Å². The topological polar surface area (TPSA) is 36.1 Å². The summed E-state index contributed by atoms with van der Waals surface area (Å²) in [6.45, 7) is 6.37. The summed E-state index contributed by atoms with van der Waals surface area (Å²) < 4.78 is 0. The van der Waals surface area contributed by atoms with Gasteiger partial charge < -0.3 is 16.0 Å². The van der Waals surface area contributed by atoms with Gasteiger partial charge in [0.15, 0.2) is 0 Å². The van der Waals surface area contributed by atoms with Crippen LogP contribution in [0.3, 0.4) is 0 Å². The lowest BCUT2D eigenvalue weighted by Gasteiger charge is -2.16. The van der Waals surface area contributed by atoms with Crippen LogP contribution in [0.4, 0.5) is 0 Å². The molecule has 0 aliphatic rings. The molecule has 1 rings (SSSR count). The third kappa shape index (κ3) is 8.26. The Bertz CT molecular complexity index is 306. The van der Waals surface area contributed by atoms with Crippen molar-refractivity contribution in [2.45, 2.75) is 24.3 Å². The van der Waals surface area contributed by atoms with Gasteiger partial charge >= 0.3 is 0 Å². The smallest absolute Gasteiger partial charge is 0.0170 e. The van der Waals surface area contributed by atoms with Gasteiger partial charge in [0.05, 0.1) is 0 Å². The maximum Gasteiger partial charge on any atom is 0.0170 e. The normalized spacial score (nSPS) is 12.5. The average Bonchev–Trinajstić information content (AvgIpc) is 2.47.